The highest BCUT2D eigenvalue weighted by atomic mass is 16.3. The standard InChI is InChI=1S/C47H27N9O/c1-3-11-28(12-4-1)44-53-37(24-39(55-44)46-49-26-31-15-7-9-17-35(31)51-46)30-19-20-41-34(23-30)42-43(57-41)33(21-22-48-42)38-25-40(56-45(54-38)29-13-5-2-6-14-29)47-50-27-32-16-8-10-18-36(32)52-47/h1-27H. The Labute approximate surface area is 324 Å². The highest BCUT2D eigenvalue weighted by Gasteiger charge is 2.20. The summed E-state index contributed by atoms with van der Waals surface area (Å²) in [6.07, 6.45) is 5.43. The van der Waals surface area contributed by atoms with Crippen LogP contribution >= 0.6 is 0 Å². The molecule has 11 aromatic rings. The van der Waals surface area contributed by atoms with Gasteiger partial charge in [-0.15, -0.1) is 0 Å². The van der Waals surface area contributed by atoms with Crippen LogP contribution in [-0.2, 0) is 0 Å². The number of furan rings is 1. The molecule has 0 saturated heterocycles. The van der Waals surface area contributed by atoms with Crippen molar-refractivity contribution in [1.29, 1.82) is 0 Å². The molecule has 0 saturated carbocycles. The molecule has 0 unspecified atom stereocenters. The van der Waals surface area contributed by atoms with E-state index in [1.165, 1.54) is 0 Å². The lowest BCUT2D eigenvalue weighted by molar-refractivity contribution is 0.669. The predicted octanol–water partition coefficient (Wildman–Crippen LogP) is 10.4. The van der Waals surface area contributed by atoms with Crippen LogP contribution in [0.4, 0.5) is 0 Å². The third-order valence-corrected chi connectivity index (χ3v) is 9.88. The second-order valence-electron chi connectivity index (χ2n) is 13.5. The summed E-state index contributed by atoms with van der Waals surface area (Å²) in [4.78, 5) is 43.9. The van der Waals surface area contributed by atoms with E-state index in [4.69, 9.17) is 44.3 Å². The summed E-state index contributed by atoms with van der Waals surface area (Å²) < 4.78 is 6.60. The summed E-state index contributed by atoms with van der Waals surface area (Å²) in [5.74, 6) is 2.14. The molecule has 266 valence electrons. The SMILES string of the molecule is c1ccc(-c2nc(-c3ccc4oc5c(-c6cc(-c7ncc8ccccc8n7)nc(-c7ccccc7)n6)ccnc5c4c3)cc(-c3ncc4ccccc4n3)n2)cc1. The highest BCUT2D eigenvalue weighted by Crippen LogP contribution is 2.38. The van der Waals surface area contributed by atoms with Gasteiger partial charge in [-0.2, -0.15) is 0 Å². The fourth-order valence-electron chi connectivity index (χ4n) is 7.05. The average Bonchev–Trinajstić information content (AvgIpc) is 3.67. The van der Waals surface area contributed by atoms with Crippen LogP contribution in [0.1, 0.15) is 0 Å². The zero-order valence-corrected chi connectivity index (χ0v) is 30.0. The first-order chi connectivity index (χ1) is 28.2. The van der Waals surface area contributed by atoms with Gasteiger partial charge in [0.15, 0.2) is 28.9 Å². The number of pyridine rings is 1. The van der Waals surface area contributed by atoms with Gasteiger partial charge in [0, 0.05) is 57.0 Å². The van der Waals surface area contributed by atoms with Gasteiger partial charge in [-0.1, -0.05) is 97.1 Å². The average molecular weight is 734 g/mol. The van der Waals surface area contributed by atoms with Crippen LogP contribution in [0.3, 0.4) is 0 Å². The molecule has 10 nitrogen and oxygen atoms in total. The summed E-state index contributed by atoms with van der Waals surface area (Å²) >= 11 is 0. The topological polar surface area (TPSA) is 129 Å². The van der Waals surface area contributed by atoms with Crippen LogP contribution in [0.5, 0.6) is 0 Å². The van der Waals surface area contributed by atoms with Crippen LogP contribution < -0.4 is 0 Å². The van der Waals surface area contributed by atoms with E-state index in [1.807, 2.05) is 152 Å². The molecule has 10 heteroatoms. The van der Waals surface area contributed by atoms with Crippen molar-refractivity contribution in [2.45, 2.75) is 0 Å². The van der Waals surface area contributed by atoms with Gasteiger partial charge in [-0.25, -0.2) is 39.9 Å². The Bertz CT molecular complexity index is 3320. The molecule has 0 spiro atoms. The van der Waals surface area contributed by atoms with Crippen LogP contribution in [0.15, 0.2) is 169 Å². The zero-order valence-electron chi connectivity index (χ0n) is 30.0. The maximum absolute atomic E-state index is 6.60. The number of hydrogen-bond acceptors (Lipinski definition) is 10. The Hall–Kier alpha value is -8.11. The molecule has 0 amide bonds. The molecule has 6 aromatic heterocycles. The number of benzene rings is 5. The summed E-state index contributed by atoms with van der Waals surface area (Å²) in [5, 5.41) is 2.75. The van der Waals surface area contributed by atoms with E-state index >= 15 is 0 Å². The van der Waals surface area contributed by atoms with Gasteiger partial charge < -0.3 is 4.42 Å². The highest BCUT2D eigenvalue weighted by molar-refractivity contribution is 6.08. The molecule has 0 bridgehead atoms. The van der Waals surface area contributed by atoms with Crippen molar-refractivity contribution in [2.75, 3.05) is 0 Å². The molecule has 0 fully saturated rings. The predicted molar refractivity (Wildman–Crippen MR) is 222 cm³/mol. The lowest BCUT2D eigenvalue weighted by atomic mass is 10.1. The van der Waals surface area contributed by atoms with Crippen LogP contribution in [-0.4, -0.2) is 44.9 Å². The van der Waals surface area contributed by atoms with Gasteiger partial charge in [0.2, 0.25) is 0 Å². The second-order valence-corrected chi connectivity index (χ2v) is 13.5. The monoisotopic (exact) mass is 733 g/mol. The summed E-state index contributed by atoms with van der Waals surface area (Å²) in [6, 6.07) is 47.4. The van der Waals surface area contributed by atoms with E-state index in [0.29, 0.717) is 62.8 Å². The van der Waals surface area contributed by atoms with Crippen molar-refractivity contribution in [1.82, 2.24) is 44.9 Å². The molecule has 5 aromatic carbocycles. The minimum Gasteiger partial charge on any atom is -0.454 e. The molecular weight excluding hydrogens is 707 g/mol. The number of hydrogen-bond donors (Lipinski definition) is 0. The Morgan fingerprint density at radius 2 is 0.930 bits per heavy atom. The van der Waals surface area contributed by atoms with E-state index in [9.17, 15) is 0 Å². The summed E-state index contributed by atoms with van der Waals surface area (Å²) in [5.41, 5.74) is 9.62. The largest absolute Gasteiger partial charge is 0.454 e. The summed E-state index contributed by atoms with van der Waals surface area (Å²) in [6.45, 7) is 0. The van der Waals surface area contributed by atoms with E-state index in [2.05, 4.69) is 11.1 Å². The molecule has 0 aliphatic heterocycles. The van der Waals surface area contributed by atoms with E-state index in [-0.39, 0.29) is 0 Å². The smallest absolute Gasteiger partial charge is 0.178 e. The number of para-hydroxylation sites is 2. The maximum atomic E-state index is 6.60. The first kappa shape index (κ1) is 32.3. The molecule has 0 atom stereocenters. The van der Waals surface area contributed by atoms with Crippen molar-refractivity contribution < 1.29 is 4.42 Å². The Balaban J connectivity index is 1.06. The minimum absolute atomic E-state index is 0.502. The number of fused-ring (bicyclic) bond motifs is 5. The lowest BCUT2D eigenvalue weighted by Gasteiger charge is -2.09. The first-order valence-corrected chi connectivity index (χ1v) is 18.4. The molecule has 0 aliphatic rings. The van der Waals surface area contributed by atoms with E-state index < -0.39 is 0 Å². The fourth-order valence-corrected chi connectivity index (χ4v) is 7.05. The Kier molecular flexibility index (Phi) is 7.56. The number of rotatable bonds is 6. The van der Waals surface area contributed by atoms with Crippen molar-refractivity contribution in [2.24, 2.45) is 0 Å². The van der Waals surface area contributed by atoms with Gasteiger partial charge in [0.25, 0.3) is 0 Å². The minimum atomic E-state index is 0.502. The molecule has 0 N–H and O–H groups in total. The molecular formula is C47H27N9O. The van der Waals surface area contributed by atoms with E-state index in [0.717, 1.165) is 49.4 Å². The van der Waals surface area contributed by atoms with Crippen LogP contribution in [0.25, 0.3) is 112 Å². The first-order valence-electron chi connectivity index (χ1n) is 18.4. The number of nitrogens with zero attached hydrogens (tertiary/aromatic N) is 9. The van der Waals surface area contributed by atoms with Gasteiger partial charge in [0.05, 0.1) is 22.4 Å². The van der Waals surface area contributed by atoms with Crippen molar-refractivity contribution >= 4 is 43.9 Å². The van der Waals surface area contributed by atoms with Crippen LogP contribution in [0, 0.1) is 0 Å². The van der Waals surface area contributed by atoms with Gasteiger partial charge in [-0.3, -0.25) is 4.98 Å². The molecule has 0 radical (unpaired) electrons. The van der Waals surface area contributed by atoms with E-state index in [1.54, 1.807) is 6.20 Å². The quantitative estimate of drug-likeness (QED) is 0.163. The summed E-state index contributed by atoms with van der Waals surface area (Å²) in [7, 11) is 0. The van der Waals surface area contributed by atoms with Crippen molar-refractivity contribution in [3.05, 3.63) is 164 Å². The molecule has 57 heavy (non-hydrogen) atoms. The third kappa shape index (κ3) is 5.89. The Morgan fingerprint density at radius 3 is 1.56 bits per heavy atom. The second kappa shape index (κ2) is 13.3. The van der Waals surface area contributed by atoms with Gasteiger partial charge in [0.1, 0.15) is 22.5 Å². The van der Waals surface area contributed by atoms with Gasteiger partial charge in [-0.05, 0) is 48.5 Å². The van der Waals surface area contributed by atoms with Crippen molar-refractivity contribution in [3.8, 4) is 68.3 Å². The molecule has 11 rings (SSSR count). The zero-order chi connectivity index (χ0) is 37.7. The maximum Gasteiger partial charge on any atom is 0.178 e. The lowest BCUT2D eigenvalue weighted by Crippen LogP contribution is -1.99. The molecule has 0 aliphatic carbocycles. The van der Waals surface area contributed by atoms with Gasteiger partial charge >= 0.3 is 0 Å². The third-order valence-electron chi connectivity index (χ3n) is 9.88. The molecule has 6 heterocycles. The van der Waals surface area contributed by atoms with Crippen LogP contribution in [0.2, 0.25) is 0 Å². The Morgan fingerprint density at radius 1 is 0.386 bits per heavy atom. The number of aromatic nitrogens is 9. The van der Waals surface area contributed by atoms with Crippen molar-refractivity contribution in [3.63, 3.8) is 0 Å². The fraction of sp³-hybridized carbons (Fsp3) is 0. The normalized spacial score (nSPS) is 11.5.